The first kappa shape index (κ1) is 21.2. The number of amides is 1. The smallest absolute Gasteiger partial charge is 0.270 e. The molecule has 0 atom stereocenters. The van der Waals surface area contributed by atoms with Gasteiger partial charge in [-0.15, -0.1) is 0 Å². The summed E-state index contributed by atoms with van der Waals surface area (Å²) in [6, 6.07) is 10.9. The van der Waals surface area contributed by atoms with E-state index in [0.29, 0.717) is 22.8 Å². The number of nitrogens with one attached hydrogen (secondary N) is 1. The lowest BCUT2D eigenvalue weighted by Gasteiger charge is -2.30. The molecule has 0 aliphatic carbocycles. The van der Waals surface area contributed by atoms with Crippen LogP contribution in [0.25, 0.3) is 0 Å². The molecule has 1 aromatic heterocycles. The van der Waals surface area contributed by atoms with Gasteiger partial charge in [0.2, 0.25) is 5.78 Å². The number of anilines is 2. The molecular formula is C23H23N5O4. The van der Waals surface area contributed by atoms with Crippen LogP contribution in [0.2, 0.25) is 0 Å². The van der Waals surface area contributed by atoms with Gasteiger partial charge in [-0.2, -0.15) is 0 Å². The summed E-state index contributed by atoms with van der Waals surface area (Å²) in [4.78, 5) is 42.5. The van der Waals surface area contributed by atoms with Crippen molar-refractivity contribution in [1.29, 1.82) is 0 Å². The van der Waals surface area contributed by atoms with E-state index in [0.717, 1.165) is 32.4 Å². The first-order valence-corrected chi connectivity index (χ1v) is 10.4. The largest absolute Gasteiger partial charge is 0.371 e. The zero-order valence-corrected chi connectivity index (χ0v) is 17.7. The van der Waals surface area contributed by atoms with Crippen molar-refractivity contribution in [3.05, 3.63) is 81.9 Å². The van der Waals surface area contributed by atoms with Gasteiger partial charge >= 0.3 is 0 Å². The minimum Gasteiger partial charge on any atom is -0.371 e. The molecule has 2 aromatic carbocycles. The van der Waals surface area contributed by atoms with Crippen LogP contribution in [-0.2, 0) is 7.05 Å². The number of ketones is 1. The van der Waals surface area contributed by atoms with Crippen LogP contribution in [0.4, 0.5) is 17.1 Å². The lowest BCUT2D eigenvalue weighted by molar-refractivity contribution is -0.384. The summed E-state index contributed by atoms with van der Waals surface area (Å²) in [5, 5.41) is 14.1. The number of aryl methyl sites for hydroxylation is 1. The summed E-state index contributed by atoms with van der Waals surface area (Å²) in [7, 11) is 1.74. The number of aromatic nitrogens is 2. The molecule has 1 N–H and O–H groups in total. The molecular weight excluding hydrogens is 410 g/mol. The van der Waals surface area contributed by atoms with Crippen molar-refractivity contribution in [2.45, 2.75) is 19.3 Å². The number of hydrogen-bond acceptors (Lipinski definition) is 6. The van der Waals surface area contributed by atoms with E-state index < -0.39 is 10.8 Å². The van der Waals surface area contributed by atoms with Crippen molar-refractivity contribution in [2.24, 2.45) is 7.05 Å². The van der Waals surface area contributed by atoms with Crippen molar-refractivity contribution in [3.63, 3.8) is 0 Å². The molecule has 4 rings (SSSR count). The van der Waals surface area contributed by atoms with Gasteiger partial charge in [0.25, 0.3) is 11.6 Å². The highest BCUT2D eigenvalue weighted by Gasteiger charge is 2.22. The molecule has 3 aromatic rings. The van der Waals surface area contributed by atoms with E-state index in [1.165, 1.54) is 12.1 Å². The average molecular weight is 433 g/mol. The molecule has 9 heteroatoms. The number of hydrogen-bond donors (Lipinski definition) is 1. The molecule has 164 valence electrons. The SMILES string of the molecule is Cn1ccnc1C(=O)c1ccc(NC(=O)c2cc([N+](=O)[O-])ccc2N2CCCCC2)cc1. The molecule has 1 aliphatic rings. The second kappa shape index (κ2) is 9.01. The van der Waals surface area contributed by atoms with Gasteiger partial charge in [-0.25, -0.2) is 4.98 Å². The van der Waals surface area contributed by atoms with Gasteiger partial charge < -0.3 is 14.8 Å². The number of carbonyl (C=O) groups is 2. The number of nitro groups is 1. The standard InChI is InChI=1S/C23H23N5O4/c1-26-14-11-24-22(26)21(29)16-5-7-17(8-6-16)25-23(30)19-15-18(28(31)32)9-10-20(19)27-12-3-2-4-13-27/h5-11,14-15H,2-4,12-13H2,1H3,(H,25,30). The van der Waals surface area contributed by atoms with Gasteiger partial charge in [-0.1, -0.05) is 0 Å². The van der Waals surface area contributed by atoms with E-state index in [1.807, 2.05) is 0 Å². The van der Waals surface area contributed by atoms with Crippen molar-refractivity contribution in [2.75, 3.05) is 23.3 Å². The summed E-state index contributed by atoms with van der Waals surface area (Å²) >= 11 is 0. The Bertz CT molecular complexity index is 1160. The van der Waals surface area contributed by atoms with Crippen LogP contribution in [0.15, 0.2) is 54.9 Å². The molecule has 9 nitrogen and oxygen atoms in total. The number of piperidine rings is 1. The summed E-state index contributed by atoms with van der Waals surface area (Å²) in [5.74, 6) is -0.330. The number of nitrogens with zero attached hydrogens (tertiary/aromatic N) is 4. The van der Waals surface area contributed by atoms with Crippen molar-refractivity contribution in [3.8, 4) is 0 Å². The van der Waals surface area contributed by atoms with E-state index in [9.17, 15) is 19.7 Å². The maximum atomic E-state index is 13.1. The summed E-state index contributed by atoms with van der Waals surface area (Å²) in [6.45, 7) is 1.62. The van der Waals surface area contributed by atoms with Crippen LogP contribution in [0.1, 0.15) is 45.8 Å². The Morgan fingerprint density at radius 2 is 1.78 bits per heavy atom. The normalized spacial score (nSPS) is 13.6. The first-order chi connectivity index (χ1) is 15.4. The zero-order chi connectivity index (χ0) is 22.7. The van der Waals surface area contributed by atoms with Gasteiger partial charge in [0, 0.05) is 55.9 Å². The monoisotopic (exact) mass is 433 g/mol. The Morgan fingerprint density at radius 3 is 2.41 bits per heavy atom. The van der Waals surface area contributed by atoms with E-state index in [1.54, 1.807) is 54.3 Å². The number of carbonyl (C=O) groups excluding carboxylic acids is 2. The van der Waals surface area contributed by atoms with Gasteiger partial charge in [0.05, 0.1) is 16.2 Å². The fraction of sp³-hybridized carbons (Fsp3) is 0.261. The van der Waals surface area contributed by atoms with Crippen molar-refractivity contribution in [1.82, 2.24) is 9.55 Å². The number of non-ortho nitro benzene ring substituents is 1. The molecule has 0 spiro atoms. The van der Waals surface area contributed by atoms with Crippen LogP contribution in [0.5, 0.6) is 0 Å². The molecule has 1 amide bonds. The minimum atomic E-state index is -0.505. The van der Waals surface area contributed by atoms with Crippen LogP contribution >= 0.6 is 0 Å². The first-order valence-electron chi connectivity index (χ1n) is 10.4. The van der Waals surface area contributed by atoms with Gasteiger partial charge in [-0.05, 0) is 49.6 Å². The van der Waals surface area contributed by atoms with Crippen molar-refractivity contribution < 1.29 is 14.5 Å². The van der Waals surface area contributed by atoms with Crippen LogP contribution in [0, 0.1) is 10.1 Å². The van der Waals surface area contributed by atoms with Crippen LogP contribution in [0.3, 0.4) is 0 Å². The van der Waals surface area contributed by atoms with Crippen molar-refractivity contribution >= 4 is 28.8 Å². The van der Waals surface area contributed by atoms with Crippen LogP contribution < -0.4 is 10.2 Å². The summed E-state index contributed by atoms with van der Waals surface area (Å²) in [6.07, 6.45) is 6.42. The van der Waals surface area contributed by atoms with Gasteiger partial charge in [-0.3, -0.25) is 19.7 Å². The highest BCUT2D eigenvalue weighted by molar-refractivity contribution is 6.09. The molecule has 2 heterocycles. The van der Waals surface area contributed by atoms with E-state index in [2.05, 4.69) is 15.2 Å². The predicted octanol–water partition coefficient (Wildman–Crippen LogP) is 3.80. The van der Waals surface area contributed by atoms with Gasteiger partial charge in [0.15, 0.2) is 5.82 Å². The maximum Gasteiger partial charge on any atom is 0.270 e. The maximum absolute atomic E-state index is 13.1. The topological polar surface area (TPSA) is 110 Å². The second-order valence-corrected chi connectivity index (χ2v) is 7.73. The average Bonchev–Trinajstić information content (AvgIpc) is 3.25. The zero-order valence-electron chi connectivity index (χ0n) is 17.7. The molecule has 0 saturated carbocycles. The second-order valence-electron chi connectivity index (χ2n) is 7.73. The fourth-order valence-electron chi connectivity index (χ4n) is 3.85. The molecule has 0 bridgehead atoms. The Hall–Kier alpha value is -4.01. The summed E-state index contributed by atoms with van der Waals surface area (Å²) < 4.78 is 1.64. The highest BCUT2D eigenvalue weighted by Crippen LogP contribution is 2.29. The highest BCUT2D eigenvalue weighted by atomic mass is 16.6. The van der Waals surface area contributed by atoms with E-state index in [-0.39, 0.29) is 17.0 Å². The number of imidazole rings is 1. The Kier molecular flexibility index (Phi) is 5.98. The lowest BCUT2D eigenvalue weighted by Crippen LogP contribution is -2.31. The number of nitro benzene ring substituents is 1. The third-order valence-electron chi connectivity index (χ3n) is 5.56. The van der Waals surface area contributed by atoms with E-state index in [4.69, 9.17) is 0 Å². The van der Waals surface area contributed by atoms with Gasteiger partial charge in [0.1, 0.15) is 0 Å². The number of rotatable bonds is 6. The summed E-state index contributed by atoms with van der Waals surface area (Å²) in [5.41, 5.74) is 1.75. The molecule has 0 unspecified atom stereocenters. The Balaban J connectivity index is 1.56. The van der Waals surface area contributed by atoms with E-state index >= 15 is 0 Å². The third-order valence-corrected chi connectivity index (χ3v) is 5.56. The molecule has 0 radical (unpaired) electrons. The van der Waals surface area contributed by atoms with Crippen LogP contribution in [-0.4, -0.2) is 39.3 Å². The Morgan fingerprint density at radius 1 is 1.06 bits per heavy atom. The fourth-order valence-corrected chi connectivity index (χ4v) is 3.85. The quantitative estimate of drug-likeness (QED) is 0.360. The molecule has 1 fully saturated rings. The minimum absolute atomic E-state index is 0.132. The molecule has 1 saturated heterocycles. The number of benzene rings is 2. The predicted molar refractivity (Wildman–Crippen MR) is 120 cm³/mol. The molecule has 32 heavy (non-hydrogen) atoms. The lowest BCUT2D eigenvalue weighted by atomic mass is 10.1. The molecule has 1 aliphatic heterocycles. The third kappa shape index (κ3) is 4.36. The Labute approximate surface area is 184 Å².